The molecule has 1 aromatic rings. The SMILES string of the molecule is C=C[C@H]1[C@H](O[Si](C)(C)C)C[C@@H](c2ccccc2)O[Si]1(CC)CC. The van der Waals surface area contributed by atoms with Crippen LogP contribution in [0, 0.1) is 0 Å². The van der Waals surface area contributed by atoms with Crippen LogP contribution in [0.4, 0.5) is 0 Å². The van der Waals surface area contributed by atoms with E-state index in [0.717, 1.165) is 18.5 Å². The summed E-state index contributed by atoms with van der Waals surface area (Å²) < 4.78 is 13.4. The first-order chi connectivity index (χ1) is 10.8. The molecule has 1 fully saturated rings. The summed E-state index contributed by atoms with van der Waals surface area (Å²) in [5.74, 6) is 0. The molecule has 0 spiro atoms. The van der Waals surface area contributed by atoms with E-state index in [4.69, 9.17) is 8.85 Å². The molecule has 4 heteroatoms. The van der Waals surface area contributed by atoms with Crippen molar-refractivity contribution < 1.29 is 8.85 Å². The van der Waals surface area contributed by atoms with Crippen LogP contribution >= 0.6 is 0 Å². The largest absolute Gasteiger partial charge is 0.414 e. The van der Waals surface area contributed by atoms with Gasteiger partial charge in [-0.25, -0.2) is 0 Å². The molecule has 1 heterocycles. The van der Waals surface area contributed by atoms with Gasteiger partial charge in [-0.15, -0.1) is 6.58 Å². The zero-order chi connectivity index (χ0) is 17.1. The molecule has 3 atom stereocenters. The summed E-state index contributed by atoms with van der Waals surface area (Å²) in [4.78, 5) is 0. The molecule has 0 aromatic heterocycles. The van der Waals surface area contributed by atoms with Crippen molar-refractivity contribution in [3.05, 3.63) is 48.6 Å². The second-order valence-electron chi connectivity index (χ2n) is 7.55. The number of rotatable bonds is 6. The minimum absolute atomic E-state index is 0.167. The van der Waals surface area contributed by atoms with Crippen molar-refractivity contribution in [2.24, 2.45) is 0 Å². The lowest BCUT2D eigenvalue weighted by atomic mass is 10.0. The monoisotopic (exact) mass is 348 g/mol. The van der Waals surface area contributed by atoms with Crippen molar-refractivity contribution in [2.75, 3.05) is 0 Å². The van der Waals surface area contributed by atoms with Gasteiger partial charge in [-0.1, -0.05) is 50.3 Å². The lowest BCUT2D eigenvalue weighted by Gasteiger charge is -2.49. The summed E-state index contributed by atoms with van der Waals surface area (Å²) in [7, 11) is -3.49. The maximum absolute atomic E-state index is 6.81. The van der Waals surface area contributed by atoms with Crippen LogP contribution in [0.1, 0.15) is 31.9 Å². The van der Waals surface area contributed by atoms with Crippen molar-refractivity contribution in [2.45, 2.75) is 69.7 Å². The molecule has 0 saturated carbocycles. The average Bonchev–Trinajstić information content (AvgIpc) is 2.53. The highest BCUT2D eigenvalue weighted by Crippen LogP contribution is 2.47. The van der Waals surface area contributed by atoms with E-state index >= 15 is 0 Å². The van der Waals surface area contributed by atoms with Gasteiger partial charge in [-0.3, -0.25) is 0 Å². The Morgan fingerprint density at radius 2 is 1.83 bits per heavy atom. The summed E-state index contributed by atoms with van der Waals surface area (Å²) in [6.07, 6.45) is 3.50. The predicted octanol–water partition coefficient (Wildman–Crippen LogP) is 5.91. The Labute approximate surface area is 144 Å². The van der Waals surface area contributed by atoms with Crippen LogP contribution in [-0.4, -0.2) is 22.7 Å². The van der Waals surface area contributed by atoms with Crippen molar-refractivity contribution in [3.63, 3.8) is 0 Å². The minimum atomic E-state index is -1.89. The topological polar surface area (TPSA) is 18.5 Å². The molecule has 1 aliphatic rings. The first-order valence-electron chi connectivity index (χ1n) is 8.88. The first-order valence-corrected chi connectivity index (χ1v) is 14.7. The Morgan fingerprint density at radius 1 is 1.22 bits per heavy atom. The molecular weight excluding hydrogens is 316 g/mol. The van der Waals surface area contributed by atoms with Crippen molar-refractivity contribution in [1.82, 2.24) is 0 Å². The second-order valence-corrected chi connectivity index (χ2v) is 16.5. The number of benzene rings is 1. The Morgan fingerprint density at radius 3 is 2.30 bits per heavy atom. The molecule has 0 N–H and O–H groups in total. The van der Waals surface area contributed by atoms with Crippen LogP contribution in [0.5, 0.6) is 0 Å². The smallest absolute Gasteiger partial charge is 0.202 e. The lowest BCUT2D eigenvalue weighted by Crippen LogP contribution is -2.53. The minimum Gasteiger partial charge on any atom is -0.414 e. The van der Waals surface area contributed by atoms with Gasteiger partial charge in [-0.2, -0.15) is 0 Å². The van der Waals surface area contributed by atoms with E-state index in [1.54, 1.807) is 0 Å². The fourth-order valence-electron chi connectivity index (χ4n) is 3.81. The van der Waals surface area contributed by atoms with E-state index in [-0.39, 0.29) is 12.2 Å². The van der Waals surface area contributed by atoms with Crippen molar-refractivity contribution >= 4 is 16.6 Å². The van der Waals surface area contributed by atoms with E-state index in [1.807, 2.05) is 0 Å². The van der Waals surface area contributed by atoms with E-state index in [1.165, 1.54) is 5.56 Å². The van der Waals surface area contributed by atoms with E-state index in [2.05, 4.69) is 76.5 Å². The Balaban J connectivity index is 2.37. The molecule has 128 valence electrons. The highest BCUT2D eigenvalue weighted by Gasteiger charge is 2.50. The maximum Gasteiger partial charge on any atom is 0.202 e. The van der Waals surface area contributed by atoms with E-state index in [0.29, 0.717) is 5.54 Å². The zero-order valence-electron chi connectivity index (χ0n) is 15.3. The third-order valence-electron chi connectivity index (χ3n) is 4.96. The summed E-state index contributed by atoms with van der Waals surface area (Å²) in [5, 5.41) is 0. The van der Waals surface area contributed by atoms with Crippen molar-refractivity contribution in [3.8, 4) is 0 Å². The fourth-order valence-corrected chi connectivity index (χ4v) is 9.14. The highest BCUT2D eigenvalue weighted by molar-refractivity contribution is 6.76. The number of hydrogen-bond acceptors (Lipinski definition) is 2. The molecular formula is C19H32O2Si2. The third-order valence-corrected chi connectivity index (χ3v) is 10.9. The quantitative estimate of drug-likeness (QED) is 0.470. The van der Waals surface area contributed by atoms with Gasteiger partial charge in [0.2, 0.25) is 8.32 Å². The van der Waals surface area contributed by atoms with E-state index in [9.17, 15) is 0 Å². The first kappa shape index (κ1) is 18.6. The van der Waals surface area contributed by atoms with Gasteiger partial charge in [0.1, 0.15) is 0 Å². The Hall–Kier alpha value is -0.686. The third kappa shape index (κ3) is 4.24. The van der Waals surface area contributed by atoms with Gasteiger partial charge in [0.15, 0.2) is 8.32 Å². The van der Waals surface area contributed by atoms with Gasteiger partial charge in [0.05, 0.1) is 12.2 Å². The summed E-state index contributed by atoms with van der Waals surface area (Å²) in [6, 6.07) is 12.9. The standard InChI is InChI=1S/C19H32O2Si2/c1-7-19-18(20-22(4,5)6)15-17(16-13-11-10-12-14-16)21-23(19,8-2)9-3/h7,10-14,17-19H,1,8-9,15H2,2-6H3/t17-,18+,19-/m0/s1. The van der Waals surface area contributed by atoms with Gasteiger partial charge in [-0.05, 0) is 37.3 Å². The normalized spacial score (nSPS) is 27.6. The molecule has 0 bridgehead atoms. The molecule has 1 aromatic carbocycles. The second kappa shape index (κ2) is 7.47. The number of hydrogen-bond donors (Lipinski definition) is 0. The molecule has 23 heavy (non-hydrogen) atoms. The van der Waals surface area contributed by atoms with Crippen LogP contribution in [0.15, 0.2) is 43.0 Å². The average molecular weight is 349 g/mol. The molecule has 0 aliphatic carbocycles. The van der Waals surface area contributed by atoms with Gasteiger partial charge < -0.3 is 8.85 Å². The van der Waals surface area contributed by atoms with Crippen LogP contribution in [0.25, 0.3) is 0 Å². The summed E-state index contributed by atoms with van der Waals surface area (Å²) in [6.45, 7) is 15.5. The summed E-state index contributed by atoms with van der Waals surface area (Å²) >= 11 is 0. The molecule has 2 rings (SSSR count). The van der Waals surface area contributed by atoms with Crippen LogP contribution in [0.2, 0.25) is 37.3 Å². The highest BCUT2D eigenvalue weighted by atomic mass is 28.4. The zero-order valence-corrected chi connectivity index (χ0v) is 17.3. The van der Waals surface area contributed by atoms with Gasteiger partial charge in [0, 0.05) is 12.0 Å². The molecule has 0 amide bonds. The lowest BCUT2D eigenvalue weighted by molar-refractivity contribution is 0.0608. The molecule has 0 unspecified atom stereocenters. The molecule has 2 nitrogen and oxygen atoms in total. The summed E-state index contributed by atoms with van der Waals surface area (Å²) in [5.41, 5.74) is 1.68. The molecule has 1 saturated heterocycles. The van der Waals surface area contributed by atoms with Gasteiger partial charge in [0.25, 0.3) is 0 Å². The molecule has 0 radical (unpaired) electrons. The maximum atomic E-state index is 6.81. The van der Waals surface area contributed by atoms with E-state index < -0.39 is 16.6 Å². The molecule has 1 aliphatic heterocycles. The van der Waals surface area contributed by atoms with Gasteiger partial charge >= 0.3 is 0 Å². The van der Waals surface area contributed by atoms with Crippen LogP contribution in [0.3, 0.4) is 0 Å². The van der Waals surface area contributed by atoms with Crippen LogP contribution in [-0.2, 0) is 8.85 Å². The fraction of sp³-hybridized carbons (Fsp3) is 0.579. The Kier molecular flexibility index (Phi) is 6.06. The van der Waals surface area contributed by atoms with Crippen LogP contribution < -0.4 is 0 Å². The predicted molar refractivity (Wildman–Crippen MR) is 104 cm³/mol. The van der Waals surface area contributed by atoms with Crippen molar-refractivity contribution in [1.29, 1.82) is 0 Å². The Bertz CT molecular complexity index is 506.